The number of nitrogens with zero attached hydrogens (tertiary/aromatic N) is 3. The molecule has 0 aliphatic rings. The third kappa shape index (κ3) is 8.92. The minimum absolute atomic E-state index is 0. The van der Waals surface area contributed by atoms with Crippen LogP contribution in [0, 0.1) is 5.92 Å². The van der Waals surface area contributed by atoms with Gasteiger partial charge >= 0.3 is 0 Å². The summed E-state index contributed by atoms with van der Waals surface area (Å²) in [6.45, 7) is 11.5. The maximum atomic E-state index is 5.60. The van der Waals surface area contributed by atoms with E-state index in [-0.39, 0.29) is 24.0 Å². The van der Waals surface area contributed by atoms with Crippen LogP contribution in [0.1, 0.15) is 33.6 Å². The van der Waals surface area contributed by atoms with Crippen LogP contribution in [0.3, 0.4) is 0 Å². The van der Waals surface area contributed by atoms with E-state index in [4.69, 9.17) is 4.74 Å². The fourth-order valence-corrected chi connectivity index (χ4v) is 2.66. The number of rotatable bonds is 11. The maximum absolute atomic E-state index is 5.60. The zero-order valence-electron chi connectivity index (χ0n) is 16.8. The van der Waals surface area contributed by atoms with Gasteiger partial charge in [-0.25, -0.2) is 4.98 Å². The third-order valence-corrected chi connectivity index (χ3v) is 3.91. The van der Waals surface area contributed by atoms with E-state index < -0.39 is 0 Å². The van der Waals surface area contributed by atoms with Gasteiger partial charge in [0, 0.05) is 39.4 Å². The van der Waals surface area contributed by atoms with Gasteiger partial charge in [0.2, 0.25) is 0 Å². The summed E-state index contributed by atoms with van der Waals surface area (Å²) in [4.78, 5) is 9.09. The SMILES string of the molecule is CCNC(=NCCCn1cnc2ccccc21)NCCCOCC(C)C.I. The first-order chi connectivity index (χ1) is 12.7. The molecule has 1 aromatic heterocycles. The number of aromatic nitrogens is 2. The summed E-state index contributed by atoms with van der Waals surface area (Å²) in [6, 6.07) is 8.23. The van der Waals surface area contributed by atoms with Crippen LogP contribution in [-0.2, 0) is 11.3 Å². The van der Waals surface area contributed by atoms with E-state index >= 15 is 0 Å². The summed E-state index contributed by atoms with van der Waals surface area (Å²) in [6.07, 6.45) is 3.88. The molecule has 0 atom stereocenters. The molecule has 2 aromatic rings. The molecule has 2 N–H and O–H groups in total. The second-order valence-electron chi connectivity index (χ2n) is 6.79. The molecule has 0 amide bonds. The van der Waals surface area contributed by atoms with Crippen LogP contribution < -0.4 is 10.6 Å². The first-order valence-electron chi connectivity index (χ1n) is 9.70. The first-order valence-corrected chi connectivity index (χ1v) is 9.70. The highest BCUT2D eigenvalue weighted by Gasteiger charge is 2.01. The lowest BCUT2D eigenvalue weighted by atomic mass is 10.2. The zero-order valence-corrected chi connectivity index (χ0v) is 19.1. The standard InChI is InChI=1S/C20H33N5O.HI/c1-4-21-20(23-12-8-14-26-15-17(2)3)22-11-7-13-25-16-24-18-9-5-6-10-19(18)25;/h5-6,9-10,16-17H,4,7-8,11-15H2,1-3H3,(H2,21,22,23);1H. The number of ether oxygens (including phenoxy) is 1. The van der Waals surface area contributed by atoms with Gasteiger partial charge in [-0.05, 0) is 37.8 Å². The van der Waals surface area contributed by atoms with Gasteiger partial charge in [-0.15, -0.1) is 24.0 Å². The van der Waals surface area contributed by atoms with Crippen molar-refractivity contribution in [3.63, 3.8) is 0 Å². The van der Waals surface area contributed by atoms with Gasteiger partial charge in [0.25, 0.3) is 0 Å². The van der Waals surface area contributed by atoms with Crippen molar-refractivity contribution in [1.29, 1.82) is 0 Å². The van der Waals surface area contributed by atoms with Gasteiger partial charge in [-0.2, -0.15) is 0 Å². The van der Waals surface area contributed by atoms with Crippen LogP contribution in [-0.4, -0.2) is 48.4 Å². The van der Waals surface area contributed by atoms with Gasteiger partial charge in [0.15, 0.2) is 5.96 Å². The average Bonchev–Trinajstić information content (AvgIpc) is 3.04. The molecular weight excluding hydrogens is 453 g/mol. The lowest BCUT2D eigenvalue weighted by Crippen LogP contribution is -2.38. The second-order valence-corrected chi connectivity index (χ2v) is 6.79. The number of para-hydroxylation sites is 2. The summed E-state index contributed by atoms with van der Waals surface area (Å²) in [5.41, 5.74) is 2.23. The van der Waals surface area contributed by atoms with Crippen molar-refractivity contribution in [2.24, 2.45) is 10.9 Å². The van der Waals surface area contributed by atoms with Crippen molar-refractivity contribution in [1.82, 2.24) is 20.2 Å². The molecule has 1 heterocycles. The molecule has 152 valence electrons. The number of aliphatic imine (C=N–C) groups is 1. The quantitative estimate of drug-likeness (QED) is 0.220. The average molecular weight is 487 g/mol. The highest BCUT2D eigenvalue weighted by molar-refractivity contribution is 14.0. The molecule has 0 aliphatic heterocycles. The maximum Gasteiger partial charge on any atom is 0.191 e. The molecule has 0 unspecified atom stereocenters. The largest absolute Gasteiger partial charge is 0.381 e. The normalized spacial score (nSPS) is 11.6. The number of hydrogen-bond acceptors (Lipinski definition) is 3. The van der Waals surface area contributed by atoms with Crippen molar-refractivity contribution in [3.8, 4) is 0 Å². The third-order valence-electron chi connectivity index (χ3n) is 3.91. The Hall–Kier alpha value is -1.35. The van der Waals surface area contributed by atoms with Crippen LogP contribution in [0.5, 0.6) is 0 Å². The minimum atomic E-state index is 0. The molecule has 0 bridgehead atoms. The number of hydrogen-bond donors (Lipinski definition) is 2. The Bertz CT molecular complexity index is 671. The van der Waals surface area contributed by atoms with E-state index in [2.05, 4.69) is 58.1 Å². The number of benzene rings is 1. The number of fused-ring (bicyclic) bond motifs is 1. The van der Waals surface area contributed by atoms with Crippen molar-refractivity contribution in [2.45, 2.75) is 40.2 Å². The molecule has 0 spiro atoms. The lowest BCUT2D eigenvalue weighted by Gasteiger charge is -2.12. The highest BCUT2D eigenvalue weighted by atomic mass is 127. The predicted octanol–water partition coefficient (Wildman–Crippen LogP) is 3.66. The number of guanidine groups is 1. The Labute approximate surface area is 180 Å². The van der Waals surface area contributed by atoms with Gasteiger partial charge in [0.05, 0.1) is 17.4 Å². The topological polar surface area (TPSA) is 63.5 Å². The fourth-order valence-electron chi connectivity index (χ4n) is 2.66. The number of halogens is 1. The van der Waals surface area contributed by atoms with Crippen LogP contribution in [0.2, 0.25) is 0 Å². The molecule has 27 heavy (non-hydrogen) atoms. The molecule has 6 nitrogen and oxygen atoms in total. The van der Waals surface area contributed by atoms with Crippen molar-refractivity contribution in [2.75, 3.05) is 32.8 Å². The molecule has 0 radical (unpaired) electrons. The zero-order chi connectivity index (χ0) is 18.6. The molecule has 0 aliphatic carbocycles. The Kier molecular flexibility index (Phi) is 12.1. The fraction of sp³-hybridized carbons (Fsp3) is 0.600. The highest BCUT2D eigenvalue weighted by Crippen LogP contribution is 2.11. The molecule has 1 aromatic carbocycles. The lowest BCUT2D eigenvalue weighted by molar-refractivity contribution is 0.108. The van der Waals surface area contributed by atoms with E-state index in [0.717, 1.165) is 63.7 Å². The van der Waals surface area contributed by atoms with Gasteiger partial charge < -0.3 is 19.9 Å². The van der Waals surface area contributed by atoms with E-state index in [9.17, 15) is 0 Å². The smallest absolute Gasteiger partial charge is 0.191 e. The Morgan fingerprint density at radius 1 is 1.22 bits per heavy atom. The molecule has 7 heteroatoms. The van der Waals surface area contributed by atoms with Gasteiger partial charge in [0.1, 0.15) is 0 Å². The van der Waals surface area contributed by atoms with E-state index in [1.165, 1.54) is 5.52 Å². The second kappa shape index (κ2) is 13.8. The number of nitrogens with one attached hydrogen (secondary N) is 2. The summed E-state index contributed by atoms with van der Waals surface area (Å²) < 4.78 is 7.79. The molecule has 0 fully saturated rings. The van der Waals surface area contributed by atoms with Crippen LogP contribution >= 0.6 is 24.0 Å². The van der Waals surface area contributed by atoms with E-state index in [1.54, 1.807) is 0 Å². The predicted molar refractivity (Wildman–Crippen MR) is 124 cm³/mol. The van der Waals surface area contributed by atoms with Crippen LogP contribution in [0.15, 0.2) is 35.6 Å². The minimum Gasteiger partial charge on any atom is -0.381 e. The van der Waals surface area contributed by atoms with Gasteiger partial charge in [-0.3, -0.25) is 4.99 Å². The van der Waals surface area contributed by atoms with E-state index in [1.807, 2.05) is 18.5 Å². The first kappa shape index (κ1) is 23.7. The Morgan fingerprint density at radius 3 is 2.81 bits per heavy atom. The molecular formula is C20H34IN5O. The Balaban J connectivity index is 0.00000364. The van der Waals surface area contributed by atoms with Gasteiger partial charge in [-0.1, -0.05) is 26.0 Å². The summed E-state index contributed by atoms with van der Waals surface area (Å²) in [5.74, 6) is 1.47. The van der Waals surface area contributed by atoms with E-state index in [0.29, 0.717) is 5.92 Å². The molecule has 2 rings (SSSR count). The number of imidazole rings is 1. The number of aryl methyl sites for hydroxylation is 1. The molecule has 0 saturated carbocycles. The summed E-state index contributed by atoms with van der Waals surface area (Å²) in [7, 11) is 0. The van der Waals surface area contributed by atoms with Crippen LogP contribution in [0.4, 0.5) is 0 Å². The molecule has 0 saturated heterocycles. The van der Waals surface area contributed by atoms with Crippen molar-refractivity contribution >= 4 is 41.0 Å². The monoisotopic (exact) mass is 487 g/mol. The van der Waals surface area contributed by atoms with Crippen molar-refractivity contribution < 1.29 is 4.74 Å². The Morgan fingerprint density at radius 2 is 2.04 bits per heavy atom. The van der Waals surface area contributed by atoms with Crippen molar-refractivity contribution in [3.05, 3.63) is 30.6 Å². The summed E-state index contributed by atoms with van der Waals surface area (Å²) >= 11 is 0. The van der Waals surface area contributed by atoms with Crippen LogP contribution in [0.25, 0.3) is 11.0 Å². The summed E-state index contributed by atoms with van der Waals surface area (Å²) in [5, 5.41) is 6.67.